The Bertz CT molecular complexity index is 279. The second-order valence-corrected chi connectivity index (χ2v) is 4.82. The van der Waals surface area contributed by atoms with Crippen molar-refractivity contribution in [1.82, 2.24) is 10.2 Å². The molecule has 5 nitrogen and oxygen atoms in total. The molecule has 0 spiro atoms. The number of nitrogens with zero attached hydrogens (tertiary/aromatic N) is 1. The molecule has 0 bridgehead atoms. The molecule has 1 N–H and O–H groups in total. The van der Waals surface area contributed by atoms with Crippen LogP contribution >= 0.6 is 0 Å². The van der Waals surface area contributed by atoms with Crippen molar-refractivity contribution in [1.29, 1.82) is 0 Å². The van der Waals surface area contributed by atoms with E-state index < -0.39 is 5.97 Å². The van der Waals surface area contributed by atoms with Gasteiger partial charge in [-0.15, -0.1) is 0 Å². The fourth-order valence-corrected chi connectivity index (χ4v) is 2.43. The molecule has 0 radical (unpaired) electrons. The summed E-state index contributed by atoms with van der Waals surface area (Å²) in [5, 5.41) is 3.17. The van der Waals surface area contributed by atoms with Gasteiger partial charge in [-0.1, -0.05) is 0 Å². The van der Waals surface area contributed by atoms with Gasteiger partial charge in [-0.25, -0.2) is 0 Å². The zero-order chi connectivity index (χ0) is 13.4. The predicted molar refractivity (Wildman–Crippen MR) is 69.3 cm³/mol. The van der Waals surface area contributed by atoms with Gasteiger partial charge in [0.15, 0.2) is 5.78 Å². The van der Waals surface area contributed by atoms with Gasteiger partial charge < -0.3 is 10.1 Å². The maximum Gasteiger partial charge on any atom is 0.313 e. The van der Waals surface area contributed by atoms with Gasteiger partial charge in [0, 0.05) is 6.54 Å². The topological polar surface area (TPSA) is 58.6 Å². The number of nitrogens with one attached hydrogen (secondary N) is 1. The lowest BCUT2D eigenvalue weighted by molar-refractivity contribution is -0.145. The van der Waals surface area contributed by atoms with Crippen LogP contribution in [0.15, 0.2) is 0 Å². The largest absolute Gasteiger partial charge is 0.466 e. The van der Waals surface area contributed by atoms with Gasteiger partial charge in [0.1, 0.15) is 6.42 Å². The summed E-state index contributed by atoms with van der Waals surface area (Å²) in [6.45, 7) is 5.33. The van der Waals surface area contributed by atoms with E-state index in [-0.39, 0.29) is 12.2 Å². The molecule has 0 aromatic carbocycles. The minimum absolute atomic E-state index is 0.0430. The van der Waals surface area contributed by atoms with E-state index in [9.17, 15) is 9.59 Å². The van der Waals surface area contributed by atoms with Gasteiger partial charge in [-0.2, -0.15) is 0 Å². The third-order valence-corrected chi connectivity index (χ3v) is 3.14. The lowest BCUT2D eigenvalue weighted by Crippen LogP contribution is -2.41. The predicted octanol–water partition coefficient (Wildman–Crippen LogP) is 0.440. The second-order valence-electron chi connectivity index (χ2n) is 4.82. The van der Waals surface area contributed by atoms with Crippen molar-refractivity contribution in [2.75, 3.05) is 39.8 Å². The molecule has 0 amide bonds. The number of esters is 1. The fourth-order valence-electron chi connectivity index (χ4n) is 2.43. The Balaban J connectivity index is 2.28. The standard InChI is InChI=1S/C13H24N2O3/c1-3-18-13(17)7-12(16)10-15-6-4-5-11(9-15)8-14-2/h11,14H,3-10H2,1-2H3. The maximum atomic E-state index is 11.7. The first-order valence-corrected chi connectivity index (χ1v) is 6.70. The van der Waals surface area contributed by atoms with Crippen molar-refractivity contribution in [3.63, 3.8) is 0 Å². The summed E-state index contributed by atoms with van der Waals surface area (Å²) in [7, 11) is 1.95. The molecule has 0 aliphatic carbocycles. The van der Waals surface area contributed by atoms with Gasteiger partial charge in [0.05, 0.1) is 13.2 Å². The average molecular weight is 256 g/mol. The highest BCUT2D eigenvalue weighted by atomic mass is 16.5. The van der Waals surface area contributed by atoms with Crippen molar-refractivity contribution < 1.29 is 14.3 Å². The second kappa shape index (κ2) is 8.21. The van der Waals surface area contributed by atoms with Crippen molar-refractivity contribution >= 4 is 11.8 Å². The molecular weight excluding hydrogens is 232 g/mol. The first-order chi connectivity index (χ1) is 8.65. The van der Waals surface area contributed by atoms with Crippen LogP contribution in [0.5, 0.6) is 0 Å². The number of Topliss-reactive ketones (excluding diaryl/α,β-unsaturated/α-hetero) is 1. The summed E-state index contributed by atoms with van der Waals surface area (Å²) >= 11 is 0. The Kier molecular flexibility index (Phi) is 6.90. The zero-order valence-corrected chi connectivity index (χ0v) is 11.4. The molecule has 1 rings (SSSR count). The number of hydrogen-bond donors (Lipinski definition) is 1. The smallest absolute Gasteiger partial charge is 0.313 e. The van der Waals surface area contributed by atoms with E-state index in [1.54, 1.807) is 6.92 Å². The summed E-state index contributed by atoms with van der Waals surface area (Å²) in [4.78, 5) is 25.0. The summed E-state index contributed by atoms with van der Waals surface area (Å²) in [6.07, 6.45) is 2.24. The highest BCUT2D eigenvalue weighted by Crippen LogP contribution is 2.15. The summed E-state index contributed by atoms with van der Waals surface area (Å²) in [5.41, 5.74) is 0. The lowest BCUT2D eigenvalue weighted by Gasteiger charge is -2.32. The van der Waals surface area contributed by atoms with Gasteiger partial charge in [-0.05, 0) is 45.8 Å². The molecule has 18 heavy (non-hydrogen) atoms. The van der Waals surface area contributed by atoms with Crippen LogP contribution in [-0.4, -0.2) is 56.5 Å². The normalized spacial score (nSPS) is 20.7. The number of carbonyl (C=O) groups is 2. The lowest BCUT2D eigenvalue weighted by atomic mass is 9.98. The molecule has 0 aromatic heterocycles. The fraction of sp³-hybridized carbons (Fsp3) is 0.846. The van der Waals surface area contributed by atoms with E-state index >= 15 is 0 Å². The van der Waals surface area contributed by atoms with Crippen LogP contribution in [0.3, 0.4) is 0 Å². The van der Waals surface area contributed by atoms with E-state index in [1.807, 2.05) is 7.05 Å². The van der Waals surface area contributed by atoms with Gasteiger partial charge in [-0.3, -0.25) is 14.5 Å². The zero-order valence-electron chi connectivity index (χ0n) is 11.4. The van der Waals surface area contributed by atoms with Gasteiger partial charge >= 0.3 is 5.97 Å². The van der Waals surface area contributed by atoms with Crippen LogP contribution in [0, 0.1) is 5.92 Å². The number of likely N-dealkylation sites (tertiary alicyclic amines) is 1. The molecule has 0 saturated carbocycles. The molecule has 1 atom stereocenters. The Hall–Kier alpha value is -0.940. The average Bonchev–Trinajstić information content (AvgIpc) is 2.29. The molecule has 104 valence electrons. The Labute approximate surface area is 109 Å². The Morgan fingerprint density at radius 3 is 2.89 bits per heavy atom. The first-order valence-electron chi connectivity index (χ1n) is 6.70. The van der Waals surface area contributed by atoms with Crippen molar-refractivity contribution in [2.45, 2.75) is 26.2 Å². The molecular formula is C13H24N2O3. The monoisotopic (exact) mass is 256 g/mol. The number of rotatable bonds is 7. The quantitative estimate of drug-likeness (QED) is 0.529. The number of ketones is 1. The van der Waals surface area contributed by atoms with Crippen LogP contribution < -0.4 is 5.32 Å². The molecule has 5 heteroatoms. The molecule has 1 heterocycles. The number of piperidine rings is 1. The van der Waals surface area contributed by atoms with Crippen molar-refractivity contribution in [3.05, 3.63) is 0 Å². The van der Waals surface area contributed by atoms with E-state index in [1.165, 1.54) is 6.42 Å². The number of hydrogen-bond acceptors (Lipinski definition) is 5. The molecule has 1 saturated heterocycles. The van der Waals surface area contributed by atoms with E-state index in [4.69, 9.17) is 4.74 Å². The van der Waals surface area contributed by atoms with Gasteiger partial charge in [0.25, 0.3) is 0 Å². The van der Waals surface area contributed by atoms with Crippen LogP contribution in [0.4, 0.5) is 0 Å². The van der Waals surface area contributed by atoms with Crippen LogP contribution in [0.2, 0.25) is 0 Å². The summed E-state index contributed by atoms with van der Waals surface area (Å²) in [5.74, 6) is 0.156. The van der Waals surface area contributed by atoms with Crippen LogP contribution in [0.1, 0.15) is 26.2 Å². The summed E-state index contributed by atoms with van der Waals surface area (Å²) < 4.78 is 4.77. The van der Waals surface area contributed by atoms with E-state index in [2.05, 4.69) is 10.2 Å². The molecule has 1 aliphatic rings. The Morgan fingerprint density at radius 1 is 1.44 bits per heavy atom. The molecule has 1 aliphatic heterocycles. The number of carbonyl (C=O) groups excluding carboxylic acids is 2. The highest BCUT2D eigenvalue weighted by Gasteiger charge is 2.22. The third-order valence-electron chi connectivity index (χ3n) is 3.14. The van der Waals surface area contributed by atoms with Crippen LogP contribution in [0.25, 0.3) is 0 Å². The minimum atomic E-state index is -0.411. The van der Waals surface area contributed by atoms with Crippen molar-refractivity contribution in [3.8, 4) is 0 Å². The Morgan fingerprint density at radius 2 is 2.22 bits per heavy atom. The highest BCUT2D eigenvalue weighted by molar-refractivity contribution is 5.96. The molecule has 0 aromatic rings. The molecule has 1 unspecified atom stereocenters. The van der Waals surface area contributed by atoms with E-state index in [0.29, 0.717) is 19.1 Å². The van der Waals surface area contributed by atoms with E-state index in [0.717, 1.165) is 26.1 Å². The van der Waals surface area contributed by atoms with Crippen molar-refractivity contribution in [2.24, 2.45) is 5.92 Å². The van der Waals surface area contributed by atoms with Gasteiger partial charge in [0.2, 0.25) is 0 Å². The minimum Gasteiger partial charge on any atom is -0.466 e. The maximum absolute atomic E-state index is 11.7. The molecule has 1 fully saturated rings. The third kappa shape index (κ3) is 5.60. The first kappa shape index (κ1) is 15.1. The van der Waals surface area contributed by atoms with Crippen LogP contribution in [-0.2, 0) is 14.3 Å². The summed E-state index contributed by atoms with van der Waals surface area (Å²) in [6, 6.07) is 0. The number of ether oxygens (including phenoxy) is 1. The SMILES string of the molecule is CCOC(=O)CC(=O)CN1CCCC(CNC)C1.